The second-order valence-corrected chi connectivity index (χ2v) is 7.86. The van der Waals surface area contributed by atoms with Gasteiger partial charge in [-0.25, -0.2) is 9.78 Å². The average Bonchev–Trinajstić information content (AvgIpc) is 3.31. The quantitative estimate of drug-likeness (QED) is 0.810. The third-order valence-electron chi connectivity index (χ3n) is 5.88. The van der Waals surface area contributed by atoms with Gasteiger partial charge in [-0.3, -0.25) is 0 Å². The normalized spacial score (nSPS) is 18.0. The van der Waals surface area contributed by atoms with E-state index in [1.165, 1.54) is 31.5 Å². The molecule has 1 aromatic heterocycles. The Morgan fingerprint density at radius 2 is 1.79 bits per heavy atom. The van der Waals surface area contributed by atoms with Crippen LogP contribution in [0.5, 0.6) is 5.88 Å². The molecule has 6 nitrogen and oxygen atoms in total. The first-order valence-electron chi connectivity index (χ1n) is 10.7. The van der Waals surface area contributed by atoms with Crippen molar-refractivity contribution in [2.45, 2.75) is 38.1 Å². The number of benzene rings is 1. The predicted octanol–water partition coefficient (Wildman–Crippen LogP) is 3.80. The number of carbonyl (C=O) groups is 1. The van der Waals surface area contributed by atoms with Crippen molar-refractivity contribution in [1.82, 2.24) is 14.8 Å². The Hall–Kier alpha value is -2.60. The first-order valence-corrected chi connectivity index (χ1v) is 10.7. The lowest BCUT2D eigenvalue weighted by molar-refractivity contribution is 0.140. The fourth-order valence-corrected chi connectivity index (χ4v) is 4.20. The summed E-state index contributed by atoms with van der Waals surface area (Å²) < 4.78 is 5.71. The Labute approximate surface area is 172 Å². The highest BCUT2D eigenvalue weighted by molar-refractivity contribution is 5.89. The van der Waals surface area contributed by atoms with Gasteiger partial charge >= 0.3 is 6.03 Å². The third-order valence-corrected chi connectivity index (χ3v) is 5.88. The molecule has 154 valence electrons. The van der Waals surface area contributed by atoms with Crippen molar-refractivity contribution >= 4 is 11.7 Å². The number of anilines is 1. The Morgan fingerprint density at radius 1 is 1.03 bits per heavy atom. The molecule has 0 spiro atoms. The van der Waals surface area contributed by atoms with Crippen LogP contribution in [0, 0.1) is 0 Å². The average molecular weight is 395 g/mol. The molecular formula is C23H30N4O2. The van der Waals surface area contributed by atoms with Crippen LogP contribution >= 0.6 is 0 Å². The van der Waals surface area contributed by atoms with Gasteiger partial charge in [-0.1, -0.05) is 30.3 Å². The standard InChI is InChI=1S/C23H30N4O2/c28-23(27-15-10-21(11-16-27)26-13-4-5-14-26)25-20-8-9-22(24-18-20)29-17-12-19-6-2-1-3-7-19/h1-3,6-9,18,21H,4-5,10-17H2,(H,25,28). The van der Waals surface area contributed by atoms with Crippen molar-refractivity contribution in [3.8, 4) is 5.88 Å². The molecule has 4 rings (SSSR count). The van der Waals surface area contributed by atoms with Crippen LogP contribution in [-0.4, -0.2) is 59.6 Å². The molecule has 1 N–H and O–H groups in total. The van der Waals surface area contributed by atoms with Crippen molar-refractivity contribution in [3.63, 3.8) is 0 Å². The molecule has 0 saturated carbocycles. The van der Waals surface area contributed by atoms with E-state index >= 15 is 0 Å². The van der Waals surface area contributed by atoms with Gasteiger partial charge in [0.25, 0.3) is 0 Å². The minimum Gasteiger partial charge on any atom is -0.477 e. The summed E-state index contributed by atoms with van der Waals surface area (Å²) >= 11 is 0. The summed E-state index contributed by atoms with van der Waals surface area (Å²) in [6.07, 6.45) is 7.28. The van der Waals surface area contributed by atoms with Crippen molar-refractivity contribution in [2.24, 2.45) is 0 Å². The molecule has 1 aromatic carbocycles. The van der Waals surface area contributed by atoms with Gasteiger partial charge in [0.1, 0.15) is 0 Å². The van der Waals surface area contributed by atoms with Gasteiger partial charge in [-0.05, 0) is 50.4 Å². The number of carbonyl (C=O) groups excluding carboxylic acids is 1. The topological polar surface area (TPSA) is 57.7 Å². The Balaban J connectivity index is 1.20. The summed E-state index contributed by atoms with van der Waals surface area (Å²) in [5, 5.41) is 2.96. The van der Waals surface area contributed by atoms with E-state index in [0.29, 0.717) is 24.2 Å². The lowest BCUT2D eigenvalue weighted by Gasteiger charge is -2.36. The number of amides is 2. The van der Waals surface area contributed by atoms with Gasteiger partial charge in [0.15, 0.2) is 0 Å². The number of ether oxygens (including phenoxy) is 1. The predicted molar refractivity (Wildman–Crippen MR) is 114 cm³/mol. The van der Waals surface area contributed by atoms with Crippen molar-refractivity contribution in [3.05, 3.63) is 54.2 Å². The second-order valence-electron chi connectivity index (χ2n) is 7.86. The SMILES string of the molecule is O=C(Nc1ccc(OCCc2ccccc2)nc1)N1CCC(N2CCCC2)CC1. The van der Waals surface area contributed by atoms with Gasteiger partial charge < -0.3 is 19.9 Å². The van der Waals surface area contributed by atoms with E-state index < -0.39 is 0 Å². The molecular weight excluding hydrogens is 364 g/mol. The molecule has 0 radical (unpaired) electrons. The molecule has 29 heavy (non-hydrogen) atoms. The summed E-state index contributed by atoms with van der Waals surface area (Å²) in [7, 11) is 0. The Morgan fingerprint density at radius 3 is 2.48 bits per heavy atom. The zero-order valence-electron chi connectivity index (χ0n) is 16.9. The molecule has 2 aromatic rings. The van der Waals surface area contributed by atoms with E-state index in [1.807, 2.05) is 29.2 Å². The highest BCUT2D eigenvalue weighted by Gasteiger charge is 2.28. The van der Waals surface area contributed by atoms with Crippen LogP contribution in [0.1, 0.15) is 31.2 Å². The number of nitrogens with zero attached hydrogens (tertiary/aromatic N) is 3. The first kappa shape index (κ1) is 19.7. The maximum atomic E-state index is 12.6. The number of piperidine rings is 1. The number of pyridine rings is 1. The Kier molecular flexibility index (Phi) is 6.62. The van der Waals surface area contributed by atoms with Crippen molar-refractivity contribution in [1.29, 1.82) is 0 Å². The van der Waals surface area contributed by atoms with Crippen LogP contribution in [-0.2, 0) is 6.42 Å². The number of aromatic nitrogens is 1. The fourth-order valence-electron chi connectivity index (χ4n) is 4.20. The molecule has 0 atom stereocenters. The molecule has 3 heterocycles. The van der Waals surface area contributed by atoms with Crippen LogP contribution in [0.2, 0.25) is 0 Å². The van der Waals surface area contributed by atoms with Gasteiger partial charge in [-0.2, -0.15) is 0 Å². The van der Waals surface area contributed by atoms with Crippen LogP contribution in [0.3, 0.4) is 0 Å². The lowest BCUT2D eigenvalue weighted by Crippen LogP contribution is -2.47. The summed E-state index contributed by atoms with van der Waals surface area (Å²) in [4.78, 5) is 21.4. The van der Waals surface area contributed by atoms with E-state index in [1.54, 1.807) is 12.3 Å². The van der Waals surface area contributed by atoms with E-state index in [-0.39, 0.29) is 6.03 Å². The minimum absolute atomic E-state index is 0.0376. The molecule has 0 bridgehead atoms. The maximum Gasteiger partial charge on any atom is 0.321 e. The zero-order chi connectivity index (χ0) is 19.9. The molecule has 2 fully saturated rings. The molecule has 2 aliphatic rings. The monoisotopic (exact) mass is 394 g/mol. The van der Waals surface area contributed by atoms with E-state index in [9.17, 15) is 4.79 Å². The third kappa shape index (κ3) is 5.48. The van der Waals surface area contributed by atoms with Crippen molar-refractivity contribution < 1.29 is 9.53 Å². The summed E-state index contributed by atoms with van der Waals surface area (Å²) in [5.74, 6) is 0.574. The highest BCUT2D eigenvalue weighted by Crippen LogP contribution is 2.22. The van der Waals surface area contributed by atoms with E-state index in [4.69, 9.17) is 4.74 Å². The fraction of sp³-hybridized carbons (Fsp3) is 0.478. The van der Waals surface area contributed by atoms with Crippen LogP contribution in [0.4, 0.5) is 10.5 Å². The molecule has 2 amide bonds. The van der Waals surface area contributed by atoms with Crippen molar-refractivity contribution in [2.75, 3.05) is 38.1 Å². The van der Waals surface area contributed by atoms with Crippen LogP contribution < -0.4 is 10.1 Å². The summed E-state index contributed by atoms with van der Waals surface area (Å²) in [6, 6.07) is 14.5. The van der Waals surface area contributed by atoms with Gasteiger partial charge in [-0.15, -0.1) is 0 Å². The van der Waals surface area contributed by atoms with Gasteiger partial charge in [0, 0.05) is 31.6 Å². The number of rotatable bonds is 6. The van der Waals surface area contributed by atoms with Gasteiger partial charge in [0.05, 0.1) is 18.5 Å². The van der Waals surface area contributed by atoms with E-state index in [0.717, 1.165) is 32.4 Å². The smallest absolute Gasteiger partial charge is 0.321 e. The number of hydrogen-bond acceptors (Lipinski definition) is 4. The number of urea groups is 1. The zero-order valence-corrected chi connectivity index (χ0v) is 16.9. The molecule has 6 heteroatoms. The second kappa shape index (κ2) is 9.74. The number of hydrogen-bond donors (Lipinski definition) is 1. The Bertz CT molecular complexity index is 767. The molecule has 2 saturated heterocycles. The maximum absolute atomic E-state index is 12.6. The largest absolute Gasteiger partial charge is 0.477 e. The molecule has 0 unspecified atom stereocenters. The summed E-state index contributed by atoms with van der Waals surface area (Å²) in [6.45, 7) is 4.67. The van der Waals surface area contributed by atoms with Crippen LogP contribution in [0.15, 0.2) is 48.7 Å². The summed E-state index contributed by atoms with van der Waals surface area (Å²) in [5.41, 5.74) is 1.94. The highest BCUT2D eigenvalue weighted by atomic mass is 16.5. The van der Waals surface area contributed by atoms with Gasteiger partial charge in [0.2, 0.25) is 5.88 Å². The molecule has 0 aliphatic carbocycles. The first-order chi connectivity index (χ1) is 14.3. The van der Waals surface area contributed by atoms with E-state index in [2.05, 4.69) is 27.3 Å². The number of likely N-dealkylation sites (tertiary alicyclic amines) is 2. The molecule has 2 aliphatic heterocycles. The van der Waals surface area contributed by atoms with Crippen LogP contribution in [0.25, 0.3) is 0 Å². The minimum atomic E-state index is -0.0376. The number of nitrogens with one attached hydrogen (secondary N) is 1. The lowest BCUT2D eigenvalue weighted by atomic mass is 10.0.